The van der Waals surface area contributed by atoms with Gasteiger partial charge in [-0.1, -0.05) is 0 Å². The van der Waals surface area contributed by atoms with Gasteiger partial charge in [-0.25, -0.2) is 0 Å². The Kier molecular flexibility index (Phi) is 8.56. The fourth-order valence-electron chi connectivity index (χ4n) is 4.77. The molecular weight excluding hydrogens is 564 g/mol. The topological polar surface area (TPSA) is 238 Å². The van der Waals surface area contributed by atoms with Crippen molar-refractivity contribution < 1.29 is 69.0 Å². The van der Waals surface area contributed by atoms with Crippen molar-refractivity contribution in [2.24, 2.45) is 0 Å². The van der Waals surface area contributed by atoms with Gasteiger partial charge in [0.2, 0.25) is 17.5 Å². The molecule has 42 heavy (non-hydrogen) atoms. The van der Waals surface area contributed by atoms with Crippen LogP contribution in [0.2, 0.25) is 0 Å². The Bertz CT molecular complexity index is 1450. The summed E-state index contributed by atoms with van der Waals surface area (Å²) in [5, 5.41) is 81.6. The first-order valence-corrected chi connectivity index (χ1v) is 12.8. The van der Waals surface area contributed by atoms with Crippen LogP contribution in [0.4, 0.5) is 0 Å². The summed E-state index contributed by atoms with van der Waals surface area (Å²) >= 11 is 0. The highest BCUT2D eigenvalue weighted by Gasteiger charge is 2.50. The summed E-state index contributed by atoms with van der Waals surface area (Å²) in [6.07, 6.45) is -14.8. The molecular formula is C27H30O15. The third-order valence-electron chi connectivity index (χ3n) is 7.07. The molecule has 0 radical (unpaired) electrons. The van der Waals surface area contributed by atoms with Crippen molar-refractivity contribution in [3.05, 3.63) is 46.6 Å². The lowest BCUT2D eigenvalue weighted by Crippen LogP contribution is -2.63. The van der Waals surface area contributed by atoms with Gasteiger partial charge < -0.3 is 69.0 Å². The van der Waals surface area contributed by atoms with Crippen LogP contribution in [0.3, 0.4) is 0 Å². The number of ether oxygens (including phenoxy) is 5. The standard InChI is InChI=1S/C27H30O15/c1-37-12-6-13(30)17-15(7-12)39-23(10-2-4-11(29)5-3-10)25(19(17)33)42-27-22(36)20(34)24(16(8-28)40-27)41-26-21(35)18(32)14(31)9-38-26/h2-7,14,16,18,20-22,24,26-32,34-36H,8-9H2,1H3/t14-,16-,18+,20-,21-,22-,24-,26+,27+/m1/s1. The first kappa shape index (κ1) is 30.0. The fourth-order valence-corrected chi connectivity index (χ4v) is 4.77. The summed E-state index contributed by atoms with van der Waals surface area (Å²) in [5.74, 6) is -1.11. The van der Waals surface area contributed by atoms with Crippen LogP contribution >= 0.6 is 0 Å². The number of phenols is 2. The van der Waals surface area contributed by atoms with Crippen LogP contribution in [0.1, 0.15) is 0 Å². The van der Waals surface area contributed by atoms with Gasteiger partial charge in [-0.3, -0.25) is 4.79 Å². The molecule has 9 atom stereocenters. The summed E-state index contributed by atoms with van der Waals surface area (Å²) in [6.45, 7) is -1.19. The molecule has 2 fully saturated rings. The smallest absolute Gasteiger partial charge is 0.239 e. The molecule has 0 saturated carbocycles. The van der Waals surface area contributed by atoms with Crippen LogP contribution < -0.4 is 14.9 Å². The van der Waals surface area contributed by atoms with Gasteiger partial charge >= 0.3 is 0 Å². The molecule has 0 aliphatic carbocycles. The normalized spacial score (nSPS) is 31.6. The molecule has 228 valence electrons. The van der Waals surface area contributed by atoms with Crippen LogP contribution in [0.15, 0.2) is 45.6 Å². The molecule has 0 spiro atoms. The molecule has 0 unspecified atom stereocenters. The molecule has 15 nitrogen and oxygen atoms in total. The number of hydrogen-bond donors (Lipinski definition) is 8. The summed E-state index contributed by atoms with van der Waals surface area (Å²) < 4.78 is 33.2. The van der Waals surface area contributed by atoms with Gasteiger partial charge in [-0.2, -0.15) is 0 Å². The minimum atomic E-state index is -1.92. The van der Waals surface area contributed by atoms with E-state index in [1.54, 1.807) is 0 Å². The molecule has 2 aliphatic rings. The minimum Gasteiger partial charge on any atom is -0.508 e. The maximum atomic E-state index is 13.6. The number of fused-ring (bicyclic) bond motifs is 1. The second-order valence-corrected chi connectivity index (χ2v) is 9.83. The number of aliphatic hydroxyl groups excluding tert-OH is 6. The van der Waals surface area contributed by atoms with Crippen LogP contribution in [0.5, 0.6) is 23.0 Å². The van der Waals surface area contributed by atoms with E-state index >= 15 is 0 Å². The van der Waals surface area contributed by atoms with Crippen molar-refractivity contribution in [2.45, 2.75) is 55.3 Å². The lowest BCUT2D eigenvalue weighted by atomic mass is 9.98. The van der Waals surface area contributed by atoms with Crippen molar-refractivity contribution in [1.82, 2.24) is 0 Å². The average molecular weight is 595 g/mol. The van der Waals surface area contributed by atoms with Crippen LogP contribution in [0, 0.1) is 0 Å². The average Bonchev–Trinajstić information content (AvgIpc) is 2.97. The van der Waals surface area contributed by atoms with Crippen LogP contribution in [0.25, 0.3) is 22.3 Å². The first-order valence-electron chi connectivity index (χ1n) is 12.8. The number of hydrogen-bond acceptors (Lipinski definition) is 15. The molecule has 1 aromatic heterocycles. The van der Waals surface area contributed by atoms with E-state index < -0.39 is 85.4 Å². The lowest BCUT2D eigenvalue weighted by molar-refractivity contribution is -0.339. The Morgan fingerprint density at radius 2 is 1.62 bits per heavy atom. The lowest BCUT2D eigenvalue weighted by Gasteiger charge is -2.44. The van der Waals surface area contributed by atoms with Crippen molar-refractivity contribution >= 4 is 11.0 Å². The van der Waals surface area contributed by atoms with E-state index in [4.69, 9.17) is 28.1 Å². The Labute approximate surface area is 236 Å². The number of methoxy groups -OCH3 is 1. The zero-order valence-electron chi connectivity index (χ0n) is 22.0. The van der Waals surface area contributed by atoms with Gasteiger partial charge in [0.15, 0.2) is 12.1 Å². The number of aliphatic hydroxyl groups is 6. The summed E-state index contributed by atoms with van der Waals surface area (Å²) in [7, 11) is 1.35. The van der Waals surface area contributed by atoms with E-state index in [-0.39, 0.29) is 33.8 Å². The molecule has 3 heterocycles. The molecule has 0 amide bonds. The predicted molar refractivity (Wildman–Crippen MR) is 139 cm³/mol. The Hall–Kier alpha value is -3.51. The van der Waals surface area contributed by atoms with Gasteiger partial charge in [-0.05, 0) is 24.3 Å². The highest BCUT2D eigenvalue weighted by molar-refractivity contribution is 5.88. The molecule has 3 aromatic rings. The van der Waals surface area contributed by atoms with Gasteiger partial charge in [-0.15, -0.1) is 0 Å². The third kappa shape index (κ3) is 5.49. The summed E-state index contributed by atoms with van der Waals surface area (Å²) in [4.78, 5) is 13.6. The monoisotopic (exact) mass is 594 g/mol. The molecule has 0 bridgehead atoms. The van der Waals surface area contributed by atoms with Crippen molar-refractivity contribution in [2.75, 3.05) is 20.3 Å². The van der Waals surface area contributed by atoms with E-state index in [2.05, 4.69) is 0 Å². The Balaban J connectivity index is 1.49. The number of aromatic hydroxyl groups is 2. The Morgan fingerprint density at radius 1 is 0.929 bits per heavy atom. The summed E-state index contributed by atoms with van der Waals surface area (Å²) in [5.41, 5.74) is -0.702. The van der Waals surface area contributed by atoms with Crippen LogP contribution in [-0.4, -0.2) is 116 Å². The van der Waals surface area contributed by atoms with Gasteiger partial charge in [0.25, 0.3) is 0 Å². The SMILES string of the molecule is COc1cc(O)c2c(=O)c(O[C@@H]3O[C@H](CO)[C@@H](O[C@@H]4OC[C@@H](O)[C@H](O)[C@H]4O)[C@H](O)[C@H]3O)c(-c3ccc(O)cc3)oc2c1. The largest absolute Gasteiger partial charge is 0.508 e. The second-order valence-electron chi connectivity index (χ2n) is 9.83. The van der Waals surface area contributed by atoms with Gasteiger partial charge in [0.1, 0.15) is 70.9 Å². The van der Waals surface area contributed by atoms with E-state index in [1.807, 2.05) is 0 Å². The van der Waals surface area contributed by atoms with E-state index in [0.29, 0.717) is 0 Å². The van der Waals surface area contributed by atoms with Crippen LogP contribution in [-0.2, 0) is 14.2 Å². The van der Waals surface area contributed by atoms with E-state index in [0.717, 1.165) is 0 Å². The third-order valence-corrected chi connectivity index (χ3v) is 7.07. The van der Waals surface area contributed by atoms with Crippen molar-refractivity contribution in [1.29, 1.82) is 0 Å². The highest BCUT2D eigenvalue weighted by atomic mass is 16.7. The van der Waals surface area contributed by atoms with Gasteiger partial charge in [0, 0.05) is 17.7 Å². The number of rotatable bonds is 7. The maximum absolute atomic E-state index is 13.6. The molecule has 2 aliphatic heterocycles. The Morgan fingerprint density at radius 3 is 2.29 bits per heavy atom. The predicted octanol–water partition coefficient (Wildman–Crippen LogP) is -1.48. The van der Waals surface area contributed by atoms with Gasteiger partial charge in [0.05, 0.1) is 20.3 Å². The molecule has 2 aromatic carbocycles. The first-order chi connectivity index (χ1) is 20.0. The van der Waals surface area contributed by atoms with Crippen molar-refractivity contribution in [3.8, 4) is 34.3 Å². The minimum absolute atomic E-state index is 0.0718. The number of benzene rings is 2. The highest BCUT2D eigenvalue weighted by Crippen LogP contribution is 2.38. The molecule has 2 saturated heterocycles. The zero-order valence-corrected chi connectivity index (χ0v) is 22.0. The zero-order chi connectivity index (χ0) is 30.3. The molecule has 8 N–H and O–H groups in total. The molecule has 5 rings (SSSR count). The number of phenolic OH excluding ortho intramolecular Hbond substituents is 2. The second kappa shape index (κ2) is 12.0. The molecule has 15 heteroatoms. The quantitative estimate of drug-likeness (QED) is 0.156. The maximum Gasteiger partial charge on any atom is 0.239 e. The van der Waals surface area contributed by atoms with E-state index in [1.165, 1.54) is 43.5 Å². The van der Waals surface area contributed by atoms with E-state index in [9.17, 15) is 45.6 Å². The van der Waals surface area contributed by atoms with Crippen molar-refractivity contribution in [3.63, 3.8) is 0 Å². The fraction of sp³-hybridized carbons (Fsp3) is 0.444. The summed E-state index contributed by atoms with van der Waals surface area (Å²) in [6, 6.07) is 8.02.